The first-order chi connectivity index (χ1) is 13.2. The highest BCUT2D eigenvalue weighted by Crippen LogP contribution is 2.38. The third kappa shape index (κ3) is 5.62. The fourth-order valence-electron chi connectivity index (χ4n) is 2.60. The number of amides is 1. The van der Waals surface area contributed by atoms with Gasteiger partial charge in [0.2, 0.25) is 23.4 Å². The SMILES string of the molecule is CN(C)CCCCCC(=O)N(C)c1oc(-c2cc(Cl)cc(Cl)c2Cl)nc1C#N. The van der Waals surface area contributed by atoms with Crippen molar-refractivity contribution in [3.63, 3.8) is 0 Å². The van der Waals surface area contributed by atoms with E-state index in [1.165, 1.54) is 11.0 Å². The van der Waals surface area contributed by atoms with E-state index >= 15 is 0 Å². The molecule has 0 spiro atoms. The molecule has 1 aromatic carbocycles. The molecular weight excluding hydrogens is 423 g/mol. The first kappa shape index (κ1) is 22.5. The summed E-state index contributed by atoms with van der Waals surface area (Å²) in [6, 6.07) is 4.98. The number of nitriles is 1. The molecule has 28 heavy (non-hydrogen) atoms. The molecule has 0 saturated heterocycles. The van der Waals surface area contributed by atoms with Gasteiger partial charge in [-0.2, -0.15) is 10.2 Å². The Balaban J connectivity index is 2.16. The van der Waals surface area contributed by atoms with E-state index in [1.54, 1.807) is 13.1 Å². The summed E-state index contributed by atoms with van der Waals surface area (Å²) in [5, 5.41) is 10.2. The van der Waals surface area contributed by atoms with Gasteiger partial charge in [-0.05, 0) is 45.6 Å². The van der Waals surface area contributed by atoms with Crippen molar-refractivity contribution >= 4 is 46.6 Å². The van der Waals surface area contributed by atoms with E-state index in [0.717, 1.165) is 25.8 Å². The van der Waals surface area contributed by atoms with Crippen molar-refractivity contribution in [3.8, 4) is 17.5 Å². The first-order valence-electron chi connectivity index (χ1n) is 8.71. The number of carbonyl (C=O) groups excluding carboxylic acids is 1. The molecule has 0 saturated carbocycles. The van der Waals surface area contributed by atoms with Gasteiger partial charge in [-0.15, -0.1) is 0 Å². The van der Waals surface area contributed by atoms with E-state index in [-0.39, 0.29) is 33.4 Å². The summed E-state index contributed by atoms with van der Waals surface area (Å²) in [6.07, 6.45) is 3.08. The third-order valence-corrected chi connectivity index (χ3v) is 5.13. The summed E-state index contributed by atoms with van der Waals surface area (Å²) >= 11 is 18.3. The molecule has 0 radical (unpaired) electrons. The Morgan fingerprint density at radius 1 is 1.18 bits per heavy atom. The highest BCUT2D eigenvalue weighted by molar-refractivity contribution is 6.44. The van der Waals surface area contributed by atoms with Crippen molar-refractivity contribution in [2.45, 2.75) is 25.7 Å². The van der Waals surface area contributed by atoms with E-state index < -0.39 is 0 Å². The Labute approximate surface area is 179 Å². The van der Waals surface area contributed by atoms with Crippen LogP contribution in [0.1, 0.15) is 31.4 Å². The van der Waals surface area contributed by atoms with E-state index in [0.29, 0.717) is 17.0 Å². The molecule has 6 nitrogen and oxygen atoms in total. The number of benzene rings is 1. The largest absolute Gasteiger partial charge is 0.419 e. The van der Waals surface area contributed by atoms with Crippen LogP contribution in [-0.2, 0) is 4.79 Å². The predicted octanol–water partition coefficient (Wildman–Crippen LogP) is 5.26. The van der Waals surface area contributed by atoms with Gasteiger partial charge in [0, 0.05) is 18.5 Å². The Morgan fingerprint density at radius 3 is 2.54 bits per heavy atom. The highest BCUT2D eigenvalue weighted by atomic mass is 35.5. The number of anilines is 1. The van der Waals surface area contributed by atoms with Gasteiger partial charge in [-0.3, -0.25) is 9.69 Å². The van der Waals surface area contributed by atoms with Gasteiger partial charge in [-0.1, -0.05) is 41.2 Å². The van der Waals surface area contributed by atoms with Gasteiger partial charge in [-0.25, -0.2) is 0 Å². The molecule has 0 aliphatic carbocycles. The molecule has 0 unspecified atom stereocenters. The first-order valence-corrected chi connectivity index (χ1v) is 9.85. The molecule has 0 aliphatic rings. The molecule has 150 valence electrons. The summed E-state index contributed by atoms with van der Waals surface area (Å²) < 4.78 is 5.69. The average molecular weight is 444 g/mol. The molecule has 0 fully saturated rings. The third-order valence-electron chi connectivity index (χ3n) is 4.11. The Bertz CT molecular complexity index is 890. The lowest BCUT2D eigenvalue weighted by molar-refractivity contribution is -0.118. The standard InChI is InChI=1S/C19H21Cl3N4O2/c1-25(2)8-6-4-5-7-16(27)26(3)19-15(11-23)24-18(28-19)13-9-12(20)10-14(21)17(13)22/h9-10H,4-8H2,1-3H3. The molecule has 2 rings (SSSR count). The zero-order valence-electron chi connectivity index (χ0n) is 15.9. The Hall–Kier alpha value is -1.78. The Morgan fingerprint density at radius 2 is 1.89 bits per heavy atom. The van der Waals surface area contributed by atoms with Gasteiger partial charge in [0.25, 0.3) is 0 Å². The number of unbranched alkanes of at least 4 members (excludes halogenated alkanes) is 2. The molecule has 2 aromatic rings. The minimum atomic E-state index is -0.153. The molecule has 0 aliphatic heterocycles. The summed E-state index contributed by atoms with van der Waals surface area (Å²) in [6.45, 7) is 0.983. The number of hydrogen-bond acceptors (Lipinski definition) is 5. The van der Waals surface area contributed by atoms with Crippen molar-refractivity contribution in [3.05, 3.63) is 32.9 Å². The number of aromatic nitrogens is 1. The van der Waals surface area contributed by atoms with Gasteiger partial charge in [0.05, 0.1) is 15.6 Å². The molecule has 0 atom stereocenters. The van der Waals surface area contributed by atoms with Crippen LogP contribution in [-0.4, -0.2) is 43.5 Å². The van der Waals surface area contributed by atoms with Crippen LogP contribution in [0.4, 0.5) is 5.88 Å². The Kier molecular flexibility index (Phi) is 8.14. The maximum atomic E-state index is 12.5. The zero-order valence-corrected chi connectivity index (χ0v) is 18.2. The second kappa shape index (κ2) is 10.1. The van der Waals surface area contributed by atoms with Crippen LogP contribution in [0, 0.1) is 11.3 Å². The van der Waals surface area contributed by atoms with Crippen molar-refractivity contribution in [1.82, 2.24) is 9.88 Å². The molecule has 0 bridgehead atoms. The lowest BCUT2D eigenvalue weighted by Crippen LogP contribution is -2.26. The summed E-state index contributed by atoms with van der Waals surface area (Å²) in [4.78, 5) is 20.0. The quantitative estimate of drug-likeness (QED) is 0.411. The van der Waals surface area contributed by atoms with Crippen LogP contribution in [0.15, 0.2) is 16.5 Å². The van der Waals surface area contributed by atoms with Crippen molar-refractivity contribution < 1.29 is 9.21 Å². The molecule has 9 heteroatoms. The van der Waals surface area contributed by atoms with Crippen LogP contribution in [0.2, 0.25) is 15.1 Å². The normalized spacial score (nSPS) is 10.9. The van der Waals surface area contributed by atoms with Crippen LogP contribution in [0.3, 0.4) is 0 Å². The fourth-order valence-corrected chi connectivity index (χ4v) is 3.28. The number of hydrogen-bond donors (Lipinski definition) is 0. The van der Waals surface area contributed by atoms with Gasteiger partial charge >= 0.3 is 0 Å². The van der Waals surface area contributed by atoms with Gasteiger partial charge in [0.15, 0.2) is 0 Å². The van der Waals surface area contributed by atoms with Crippen molar-refractivity contribution in [2.75, 3.05) is 32.6 Å². The fraction of sp³-hybridized carbons (Fsp3) is 0.421. The lowest BCUT2D eigenvalue weighted by atomic mass is 10.2. The van der Waals surface area contributed by atoms with Crippen molar-refractivity contribution in [1.29, 1.82) is 5.26 Å². The van der Waals surface area contributed by atoms with Crippen LogP contribution < -0.4 is 4.90 Å². The van der Waals surface area contributed by atoms with E-state index in [4.69, 9.17) is 39.2 Å². The lowest BCUT2D eigenvalue weighted by Gasteiger charge is -2.14. The second-order valence-corrected chi connectivity index (χ2v) is 7.82. The molecule has 1 amide bonds. The molecular formula is C19H21Cl3N4O2. The van der Waals surface area contributed by atoms with Gasteiger partial charge in [0.1, 0.15) is 6.07 Å². The maximum Gasteiger partial charge on any atom is 0.241 e. The number of halogens is 3. The van der Waals surface area contributed by atoms with E-state index in [2.05, 4.69) is 9.88 Å². The molecule has 1 heterocycles. The highest BCUT2D eigenvalue weighted by Gasteiger charge is 2.24. The van der Waals surface area contributed by atoms with Crippen LogP contribution >= 0.6 is 34.8 Å². The van der Waals surface area contributed by atoms with Crippen LogP contribution in [0.25, 0.3) is 11.5 Å². The minimum absolute atomic E-state index is 0.00868. The number of oxazole rings is 1. The smallest absolute Gasteiger partial charge is 0.241 e. The summed E-state index contributed by atoms with van der Waals surface area (Å²) in [7, 11) is 5.59. The monoisotopic (exact) mass is 442 g/mol. The second-order valence-electron chi connectivity index (χ2n) is 6.60. The number of rotatable bonds is 8. The predicted molar refractivity (Wildman–Crippen MR) is 112 cm³/mol. The maximum absolute atomic E-state index is 12.5. The van der Waals surface area contributed by atoms with E-state index in [9.17, 15) is 10.1 Å². The zero-order chi connectivity index (χ0) is 20.8. The summed E-state index contributed by atoms with van der Waals surface area (Å²) in [5.74, 6) is -0.00573. The number of carbonyl (C=O) groups is 1. The van der Waals surface area contributed by atoms with Crippen LogP contribution in [0.5, 0.6) is 0 Å². The average Bonchev–Trinajstić information content (AvgIpc) is 3.07. The van der Waals surface area contributed by atoms with Crippen molar-refractivity contribution in [2.24, 2.45) is 0 Å². The molecule has 1 aromatic heterocycles. The topological polar surface area (TPSA) is 73.4 Å². The number of nitrogens with zero attached hydrogens (tertiary/aromatic N) is 4. The minimum Gasteiger partial charge on any atom is -0.419 e. The van der Waals surface area contributed by atoms with Gasteiger partial charge < -0.3 is 9.32 Å². The van der Waals surface area contributed by atoms with E-state index in [1.807, 2.05) is 20.2 Å². The molecule has 0 N–H and O–H groups in total. The summed E-state index contributed by atoms with van der Waals surface area (Å²) in [5.41, 5.74) is 0.345.